The fraction of sp³-hybridized carbons (Fsp3) is 0.519. The normalized spacial score (nSPS) is 17.1. The number of aromatic nitrogens is 4. The van der Waals surface area contributed by atoms with Crippen molar-refractivity contribution in [3.05, 3.63) is 38.7 Å². The number of thiazole rings is 1. The van der Waals surface area contributed by atoms with Crippen LogP contribution in [-0.2, 0) is 14.2 Å². The number of H-pyrrole nitrogens is 1. The van der Waals surface area contributed by atoms with Crippen molar-refractivity contribution in [3.8, 4) is 11.4 Å². The Balaban J connectivity index is 1.53. The predicted molar refractivity (Wildman–Crippen MR) is 160 cm³/mol. The third-order valence-corrected chi connectivity index (χ3v) is 8.75. The summed E-state index contributed by atoms with van der Waals surface area (Å²) in [7, 11) is 1.63. The molecule has 0 saturated carbocycles. The van der Waals surface area contributed by atoms with E-state index in [9.17, 15) is 9.59 Å². The van der Waals surface area contributed by atoms with Crippen molar-refractivity contribution in [2.24, 2.45) is 5.92 Å². The number of hydrogen-bond acceptors (Lipinski definition) is 11. The lowest BCUT2D eigenvalue weighted by Crippen LogP contribution is -2.46. The van der Waals surface area contributed by atoms with Crippen LogP contribution in [0.4, 0.5) is 10.9 Å². The first kappa shape index (κ1) is 31.2. The fourth-order valence-electron chi connectivity index (χ4n) is 4.65. The molecule has 14 heteroatoms. The topological polar surface area (TPSA) is 132 Å². The zero-order valence-electron chi connectivity index (χ0n) is 23.5. The van der Waals surface area contributed by atoms with E-state index in [0.29, 0.717) is 82.9 Å². The van der Waals surface area contributed by atoms with Gasteiger partial charge >= 0.3 is 5.97 Å². The third kappa shape index (κ3) is 7.36. The van der Waals surface area contributed by atoms with Crippen molar-refractivity contribution < 1.29 is 23.8 Å². The molecule has 4 heterocycles. The van der Waals surface area contributed by atoms with Crippen molar-refractivity contribution >= 4 is 57.2 Å². The molecule has 0 radical (unpaired) electrons. The summed E-state index contributed by atoms with van der Waals surface area (Å²) < 4.78 is 16.5. The summed E-state index contributed by atoms with van der Waals surface area (Å²) >= 11 is 13.7. The Bertz CT molecular complexity index is 1350. The zero-order chi connectivity index (χ0) is 29.5. The van der Waals surface area contributed by atoms with E-state index < -0.39 is 5.97 Å². The van der Waals surface area contributed by atoms with Crippen LogP contribution in [0, 0.1) is 12.8 Å². The van der Waals surface area contributed by atoms with E-state index in [-0.39, 0.29) is 35.9 Å². The van der Waals surface area contributed by atoms with E-state index in [2.05, 4.69) is 25.2 Å². The Labute approximate surface area is 252 Å². The van der Waals surface area contributed by atoms with Crippen molar-refractivity contribution in [1.82, 2.24) is 19.9 Å². The number of nitrogens with zero attached hydrogens (tertiary/aromatic N) is 4. The zero-order valence-corrected chi connectivity index (χ0v) is 25.8. The molecule has 0 amide bonds. The first-order chi connectivity index (χ1) is 19.8. The molecule has 41 heavy (non-hydrogen) atoms. The number of carbonyl (C=O) groups is 2. The molecule has 0 aliphatic carbocycles. The molecule has 2 atom stereocenters. The molecule has 222 valence electrons. The van der Waals surface area contributed by atoms with Gasteiger partial charge in [-0.25, -0.2) is 19.7 Å². The minimum absolute atomic E-state index is 0.0230. The number of nitrogens with one attached hydrogen (secondary N) is 2. The summed E-state index contributed by atoms with van der Waals surface area (Å²) in [5.41, 5.74) is 1.87. The van der Waals surface area contributed by atoms with Crippen LogP contribution in [0.5, 0.6) is 0 Å². The molecular weight excluding hydrogens is 591 g/mol. The number of aryl methyl sites for hydroxylation is 1. The first-order valence-electron chi connectivity index (χ1n) is 13.4. The molecule has 3 aromatic heterocycles. The van der Waals surface area contributed by atoms with Gasteiger partial charge in [0.2, 0.25) is 0 Å². The molecule has 3 aromatic rings. The average Bonchev–Trinajstić information content (AvgIpc) is 3.52. The third-order valence-electron chi connectivity index (χ3n) is 6.71. The van der Waals surface area contributed by atoms with Crippen molar-refractivity contribution in [2.45, 2.75) is 39.7 Å². The number of esters is 1. The summed E-state index contributed by atoms with van der Waals surface area (Å²) in [5.74, 6) is 0.000271. The van der Waals surface area contributed by atoms with Gasteiger partial charge in [0.1, 0.15) is 27.8 Å². The number of ketones is 1. The molecule has 0 unspecified atom stereocenters. The quantitative estimate of drug-likeness (QED) is 0.147. The maximum Gasteiger partial charge on any atom is 0.350 e. The number of anilines is 2. The summed E-state index contributed by atoms with van der Waals surface area (Å²) in [6.07, 6.45) is 3.91. The smallest absolute Gasteiger partial charge is 0.350 e. The van der Waals surface area contributed by atoms with E-state index >= 15 is 0 Å². The summed E-state index contributed by atoms with van der Waals surface area (Å²) in [4.78, 5) is 45.1. The number of hydrogen-bond donors (Lipinski definition) is 2. The second kappa shape index (κ2) is 14.4. The second-order valence-corrected chi connectivity index (χ2v) is 11.2. The van der Waals surface area contributed by atoms with Crippen LogP contribution in [-0.4, -0.2) is 84.4 Å². The maximum absolute atomic E-state index is 13.1. The van der Waals surface area contributed by atoms with Gasteiger partial charge in [-0.3, -0.25) is 4.79 Å². The van der Waals surface area contributed by atoms with E-state index in [1.165, 1.54) is 11.3 Å². The van der Waals surface area contributed by atoms with Gasteiger partial charge in [0, 0.05) is 45.5 Å². The standard InChI is InChI=1S/C27H34Cl2N6O5S/c1-5-39-19-14-35(9-7-16(19)11-18(36)24-22(29)21(28)15(3)33-24)27-34-23(25(41-27)26(37)40-6-2)17-12-32-20(13-31-17)30-8-10-38-4/h12-13,16,19,33H,5-11,14H2,1-4H3,(H,30,32)/t16-,19-/m0/s1. The van der Waals surface area contributed by atoms with Crippen LogP contribution in [0.3, 0.4) is 0 Å². The molecule has 0 bridgehead atoms. The van der Waals surface area contributed by atoms with Crippen molar-refractivity contribution in [1.29, 1.82) is 0 Å². The molecule has 1 aliphatic heterocycles. The van der Waals surface area contributed by atoms with Gasteiger partial charge in [-0.1, -0.05) is 34.5 Å². The highest BCUT2D eigenvalue weighted by Gasteiger charge is 2.35. The van der Waals surface area contributed by atoms with E-state index in [1.807, 2.05) is 6.92 Å². The van der Waals surface area contributed by atoms with Gasteiger partial charge < -0.3 is 29.4 Å². The highest BCUT2D eigenvalue weighted by Crippen LogP contribution is 2.37. The van der Waals surface area contributed by atoms with Crippen LogP contribution in [0.2, 0.25) is 10.0 Å². The molecule has 1 saturated heterocycles. The van der Waals surface area contributed by atoms with Crippen LogP contribution >= 0.6 is 34.5 Å². The van der Waals surface area contributed by atoms with Gasteiger partial charge in [0.25, 0.3) is 0 Å². The Kier molecular flexibility index (Phi) is 11.0. The average molecular weight is 626 g/mol. The molecule has 11 nitrogen and oxygen atoms in total. The minimum atomic E-state index is -0.464. The highest BCUT2D eigenvalue weighted by molar-refractivity contribution is 7.17. The lowest BCUT2D eigenvalue weighted by atomic mass is 9.88. The van der Waals surface area contributed by atoms with Crippen LogP contribution < -0.4 is 10.2 Å². The molecule has 4 rings (SSSR count). The highest BCUT2D eigenvalue weighted by atomic mass is 35.5. The van der Waals surface area contributed by atoms with Gasteiger partial charge in [-0.2, -0.15) is 0 Å². The SMILES string of the molecule is CCOC(=O)c1sc(N2CC[C@@H](CC(=O)c3[nH]c(C)c(Cl)c3Cl)[C@@H](OCC)C2)nc1-c1cnc(NCCOC)cn1. The summed E-state index contributed by atoms with van der Waals surface area (Å²) in [6, 6.07) is 0. The number of methoxy groups -OCH3 is 1. The maximum atomic E-state index is 13.1. The Morgan fingerprint density at radius 1 is 1.20 bits per heavy atom. The number of aromatic amines is 1. The largest absolute Gasteiger partial charge is 0.462 e. The van der Waals surface area contributed by atoms with E-state index in [0.717, 1.165) is 0 Å². The number of halogens is 2. The Morgan fingerprint density at radius 3 is 2.63 bits per heavy atom. The van der Waals surface area contributed by atoms with Gasteiger partial charge in [-0.15, -0.1) is 0 Å². The number of rotatable bonds is 13. The number of Topliss-reactive ketones (excluding diaryl/α,β-unsaturated/α-hetero) is 1. The predicted octanol–water partition coefficient (Wildman–Crippen LogP) is 5.28. The Morgan fingerprint density at radius 2 is 2.00 bits per heavy atom. The van der Waals surface area contributed by atoms with Crippen LogP contribution in [0.25, 0.3) is 11.4 Å². The molecule has 0 aromatic carbocycles. The van der Waals surface area contributed by atoms with Crippen LogP contribution in [0.1, 0.15) is 52.5 Å². The lowest BCUT2D eigenvalue weighted by molar-refractivity contribution is 0.0103. The van der Waals surface area contributed by atoms with Gasteiger partial charge in [0.05, 0.1) is 41.8 Å². The molecule has 0 spiro atoms. The molecule has 2 N–H and O–H groups in total. The van der Waals surface area contributed by atoms with Crippen molar-refractivity contribution in [3.63, 3.8) is 0 Å². The van der Waals surface area contributed by atoms with E-state index in [4.69, 9.17) is 42.4 Å². The number of carbonyl (C=O) groups excluding carboxylic acids is 2. The number of ether oxygens (including phenoxy) is 3. The minimum Gasteiger partial charge on any atom is -0.462 e. The summed E-state index contributed by atoms with van der Waals surface area (Å²) in [5, 5.41) is 4.39. The van der Waals surface area contributed by atoms with Gasteiger partial charge in [0.15, 0.2) is 10.9 Å². The molecule has 1 aliphatic rings. The lowest BCUT2D eigenvalue weighted by Gasteiger charge is -2.38. The fourth-order valence-corrected chi connectivity index (χ4v) is 6.09. The molecule has 1 fully saturated rings. The Hall–Kier alpha value is -2.77. The first-order valence-corrected chi connectivity index (χ1v) is 15.0. The van der Waals surface area contributed by atoms with E-state index in [1.54, 1.807) is 33.4 Å². The summed E-state index contributed by atoms with van der Waals surface area (Å²) in [6.45, 7) is 8.45. The molecular formula is C27H34Cl2N6O5S. The second-order valence-electron chi connectivity index (χ2n) is 9.47. The van der Waals surface area contributed by atoms with Gasteiger partial charge in [-0.05, 0) is 33.1 Å². The van der Waals surface area contributed by atoms with Crippen molar-refractivity contribution in [2.75, 3.05) is 56.8 Å². The monoisotopic (exact) mass is 624 g/mol. The number of piperidine rings is 1. The van der Waals surface area contributed by atoms with Crippen LogP contribution in [0.15, 0.2) is 12.4 Å².